The third kappa shape index (κ3) is 1.82. The number of rotatable bonds is 2. The van der Waals surface area contributed by atoms with Crippen LogP contribution in [0.4, 0.5) is 0 Å². The molecule has 1 rings (SSSR count). The first-order chi connectivity index (χ1) is 5.44. The number of halogens is 1. The average Bonchev–Trinajstić information content (AvgIpc) is 2.35. The molecule has 1 aromatic heterocycles. The second kappa shape index (κ2) is 3.36. The van der Waals surface area contributed by atoms with Crippen LogP contribution in [0, 0.1) is 5.92 Å². The van der Waals surface area contributed by atoms with Crippen molar-refractivity contribution < 1.29 is 5.11 Å². The molecule has 3 heteroatoms. The molecule has 0 aromatic carbocycles. The van der Waals surface area contributed by atoms with Crippen LogP contribution >= 0.6 is 22.9 Å². The molecule has 68 valence electrons. The molecular weight excluding hydrogens is 192 g/mol. The number of thiophene rings is 1. The van der Waals surface area contributed by atoms with Gasteiger partial charge in [-0.3, -0.25) is 0 Å². The van der Waals surface area contributed by atoms with Gasteiger partial charge >= 0.3 is 0 Å². The molecule has 1 atom stereocenters. The van der Waals surface area contributed by atoms with Crippen molar-refractivity contribution in [3.05, 3.63) is 21.3 Å². The maximum Gasteiger partial charge on any atom is 0.0983 e. The number of hydrogen-bond donors (Lipinski definition) is 1. The predicted molar refractivity (Wildman–Crippen MR) is 53.7 cm³/mol. The van der Waals surface area contributed by atoms with E-state index >= 15 is 0 Å². The minimum atomic E-state index is -0.752. The quantitative estimate of drug-likeness (QED) is 0.784. The van der Waals surface area contributed by atoms with Gasteiger partial charge in [-0.2, -0.15) is 0 Å². The Morgan fingerprint density at radius 1 is 1.50 bits per heavy atom. The zero-order chi connectivity index (χ0) is 9.35. The van der Waals surface area contributed by atoms with Crippen molar-refractivity contribution in [3.8, 4) is 0 Å². The molecule has 1 aromatic rings. The number of hydrogen-bond acceptors (Lipinski definition) is 2. The van der Waals surface area contributed by atoms with E-state index in [4.69, 9.17) is 11.6 Å². The van der Waals surface area contributed by atoms with E-state index < -0.39 is 5.60 Å². The molecule has 0 unspecified atom stereocenters. The summed E-state index contributed by atoms with van der Waals surface area (Å²) < 4.78 is 0.728. The topological polar surface area (TPSA) is 20.2 Å². The van der Waals surface area contributed by atoms with Gasteiger partial charge in [0.15, 0.2) is 0 Å². The summed E-state index contributed by atoms with van der Waals surface area (Å²) in [6, 6.07) is 3.70. The summed E-state index contributed by atoms with van der Waals surface area (Å²) >= 11 is 7.22. The van der Waals surface area contributed by atoms with Gasteiger partial charge in [-0.15, -0.1) is 11.3 Å². The Hall–Kier alpha value is -0.0500. The summed E-state index contributed by atoms with van der Waals surface area (Å²) in [6.45, 7) is 5.81. The van der Waals surface area contributed by atoms with Gasteiger partial charge in [-0.1, -0.05) is 25.4 Å². The molecule has 0 saturated heterocycles. The maximum atomic E-state index is 10.0. The van der Waals surface area contributed by atoms with Gasteiger partial charge < -0.3 is 5.11 Å². The lowest BCUT2D eigenvalue weighted by molar-refractivity contribution is 0.0126. The summed E-state index contributed by atoms with van der Waals surface area (Å²) in [5.41, 5.74) is -0.752. The second-order valence-electron chi connectivity index (χ2n) is 3.41. The molecule has 0 spiro atoms. The van der Waals surface area contributed by atoms with Gasteiger partial charge in [0, 0.05) is 4.88 Å². The highest BCUT2D eigenvalue weighted by atomic mass is 35.5. The van der Waals surface area contributed by atoms with Crippen LogP contribution in [0.25, 0.3) is 0 Å². The van der Waals surface area contributed by atoms with Crippen LogP contribution in [-0.4, -0.2) is 5.11 Å². The fraction of sp³-hybridized carbons (Fsp3) is 0.556. The van der Waals surface area contributed by atoms with Crippen LogP contribution < -0.4 is 0 Å². The van der Waals surface area contributed by atoms with Crippen molar-refractivity contribution in [2.24, 2.45) is 5.92 Å². The van der Waals surface area contributed by atoms with Crippen LogP contribution in [-0.2, 0) is 5.60 Å². The maximum absolute atomic E-state index is 10.0. The molecule has 0 bridgehead atoms. The first-order valence-electron chi connectivity index (χ1n) is 3.92. The zero-order valence-electron chi connectivity index (χ0n) is 7.47. The molecule has 1 nitrogen and oxygen atoms in total. The lowest BCUT2D eigenvalue weighted by atomic mass is 9.91. The Morgan fingerprint density at radius 3 is 2.42 bits per heavy atom. The third-order valence-corrected chi connectivity index (χ3v) is 3.65. The van der Waals surface area contributed by atoms with E-state index in [2.05, 4.69) is 0 Å². The Labute approximate surface area is 82.0 Å². The molecule has 1 N–H and O–H groups in total. The standard InChI is InChI=1S/C9H13ClOS/c1-6(2)9(3,11)7-4-5-8(10)12-7/h4-6,11H,1-3H3/t9-/m1/s1. The average molecular weight is 205 g/mol. The van der Waals surface area contributed by atoms with Gasteiger partial charge in [0.05, 0.1) is 9.94 Å². The van der Waals surface area contributed by atoms with E-state index in [0.717, 1.165) is 9.21 Å². The molecule has 0 radical (unpaired) electrons. The lowest BCUT2D eigenvalue weighted by Gasteiger charge is -2.26. The van der Waals surface area contributed by atoms with E-state index in [9.17, 15) is 5.11 Å². The van der Waals surface area contributed by atoms with Crippen LogP contribution in [0.2, 0.25) is 4.34 Å². The predicted octanol–water partition coefficient (Wildman–Crippen LogP) is 3.27. The zero-order valence-corrected chi connectivity index (χ0v) is 9.04. The van der Waals surface area contributed by atoms with E-state index in [-0.39, 0.29) is 5.92 Å². The molecule has 1 heterocycles. The highest BCUT2D eigenvalue weighted by molar-refractivity contribution is 7.16. The van der Waals surface area contributed by atoms with E-state index in [1.807, 2.05) is 32.9 Å². The van der Waals surface area contributed by atoms with Crippen molar-refractivity contribution in [2.45, 2.75) is 26.4 Å². The minimum absolute atomic E-state index is 0.201. The van der Waals surface area contributed by atoms with Crippen LogP contribution in [0.3, 0.4) is 0 Å². The lowest BCUT2D eigenvalue weighted by Crippen LogP contribution is -2.26. The van der Waals surface area contributed by atoms with Crippen molar-refractivity contribution >= 4 is 22.9 Å². The Kier molecular flexibility index (Phi) is 2.81. The van der Waals surface area contributed by atoms with Gasteiger partial charge in [-0.25, -0.2) is 0 Å². The van der Waals surface area contributed by atoms with Crippen molar-refractivity contribution in [2.75, 3.05) is 0 Å². The van der Waals surface area contributed by atoms with Crippen molar-refractivity contribution in [1.29, 1.82) is 0 Å². The van der Waals surface area contributed by atoms with E-state index in [0.29, 0.717) is 0 Å². The molecule has 0 aliphatic rings. The summed E-state index contributed by atoms with van der Waals surface area (Å²) in [4.78, 5) is 0.933. The van der Waals surface area contributed by atoms with Gasteiger partial charge in [0.1, 0.15) is 0 Å². The molecule has 0 saturated carbocycles. The van der Waals surface area contributed by atoms with Gasteiger partial charge in [0.2, 0.25) is 0 Å². The van der Waals surface area contributed by atoms with Gasteiger partial charge in [-0.05, 0) is 25.0 Å². The smallest absolute Gasteiger partial charge is 0.0983 e. The molecular formula is C9H13ClOS. The molecule has 0 fully saturated rings. The Balaban J connectivity index is 2.97. The fourth-order valence-corrected chi connectivity index (χ4v) is 2.11. The van der Waals surface area contributed by atoms with Crippen LogP contribution in [0.5, 0.6) is 0 Å². The highest BCUT2D eigenvalue weighted by Gasteiger charge is 2.28. The molecule has 12 heavy (non-hydrogen) atoms. The highest BCUT2D eigenvalue weighted by Crippen LogP contribution is 2.35. The summed E-state index contributed by atoms with van der Waals surface area (Å²) in [7, 11) is 0. The minimum Gasteiger partial charge on any atom is -0.384 e. The van der Waals surface area contributed by atoms with Crippen molar-refractivity contribution in [3.63, 3.8) is 0 Å². The Bertz CT molecular complexity index is 265. The van der Waals surface area contributed by atoms with Crippen molar-refractivity contribution in [1.82, 2.24) is 0 Å². The van der Waals surface area contributed by atoms with E-state index in [1.54, 1.807) is 0 Å². The summed E-state index contributed by atoms with van der Waals surface area (Å²) in [5.74, 6) is 0.201. The molecule has 0 aliphatic heterocycles. The van der Waals surface area contributed by atoms with Crippen LogP contribution in [0.1, 0.15) is 25.6 Å². The number of aliphatic hydroxyl groups is 1. The first-order valence-corrected chi connectivity index (χ1v) is 5.12. The molecule has 0 amide bonds. The second-order valence-corrected chi connectivity index (χ2v) is 5.12. The Morgan fingerprint density at radius 2 is 2.08 bits per heavy atom. The normalized spacial score (nSPS) is 16.5. The van der Waals surface area contributed by atoms with Crippen LogP contribution in [0.15, 0.2) is 12.1 Å². The fourth-order valence-electron chi connectivity index (χ4n) is 0.871. The first kappa shape index (κ1) is 10.0. The van der Waals surface area contributed by atoms with Gasteiger partial charge in [0.25, 0.3) is 0 Å². The van der Waals surface area contributed by atoms with E-state index in [1.165, 1.54) is 11.3 Å². The SMILES string of the molecule is CC(C)[C@@](C)(O)c1ccc(Cl)s1. The largest absolute Gasteiger partial charge is 0.384 e. The molecule has 0 aliphatic carbocycles. The third-order valence-electron chi connectivity index (χ3n) is 2.20. The summed E-state index contributed by atoms with van der Waals surface area (Å²) in [5, 5.41) is 10.0. The monoisotopic (exact) mass is 204 g/mol. The summed E-state index contributed by atoms with van der Waals surface area (Å²) in [6.07, 6.45) is 0.